The summed E-state index contributed by atoms with van der Waals surface area (Å²) in [5, 5.41) is 3.59. The first kappa shape index (κ1) is 15.5. The number of piperidine rings is 1. The fraction of sp³-hybridized carbons (Fsp3) is 0.933. The Morgan fingerprint density at radius 3 is 2.56 bits per heavy atom. The van der Waals surface area contributed by atoms with Gasteiger partial charge in [-0.2, -0.15) is 0 Å². The van der Waals surface area contributed by atoms with Crippen molar-refractivity contribution in [3.63, 3.8) is 0 Å². The SMILES string of the molecule is CCCNC1CC(CCC)CN(C(=O)CCC)C1. The third-order valence-electron chi connectivity index (χ3n) is 3.73. The molecule has 0 aromatic carbocycles. The minimum atomic E-state index is 0.349. The minimum Gasteiger partial charge on any atom is -0.341 e. The van der Waals surface area contributed by atoms with Crippen LogP contribution in [0.2, 0.25) is 0 Å². The van der Waals surface area contributed by atoms with Crippen LogP contribution in [0, 0.1) is 5.92 Å². The van der Waals surface area contributed by atoms with Gasteiger partial charge < -0.3 is 10.2 Å². The summed E-state index contributed by atoms with van der Waals surface area (Å²) in [6.45, 7) is 9.48. The quantitative estimate of drug-likeness (QED) is 0.757. The molecule has 1 aliphatic rings. The van der Waals surface area contributed by atoms with Gasteiger partial charge in [0.2, 0.25) is 5.91 Å². The highest BCUT2D eigenvalue weighted by molar-refractivity contribution is 5.76. The molecule has 2 atom stereocenters. The van der Waals surface area contributed by atoms with Gasteiger partial charge in [-0.15, -0.1) is 0 Å². The summed E-state index contributed by atoms with van der Waals surface area (Å²) in [6.07, 6.45) is 6.54. The van der Waals surface area contributed by atoms with Crippen molar-refractivity contribution in [1.29, 1.82) is 0 Å². The molecule has 1 saturated heterocycles. The Bertz CT molecular complexity index is 243. The fourth-order valence-corrected chi connectivity index (χ4v) is 2.89. The van der Waals surface area contributed by atoms with Gasteiger partial charge in [0.15, 0.2) is 0 Å². The van der Waals surface area contributed by atoms with Gasteiger partial charge in [-0.05, 0) is 38.1 Å². The number of nitrogens with zero attached hydrogens (tertiary/aromatic N) is 1. The molecule has 1 N–H and O–H groups in total. The molecule has 2 unspecified atom stereocenters. The third-order valence-corrected chi connectivity index (χ3v) is 3.73. The predicted molar refractivity (Wildman–Crippen MR) is 76.6 cm³/mol. The van der Waals surface area contributed by atoms with Crippen LogP contribution in [0.4, 0.5) is 0 Å². The lowest BCUT2D eigenvalue weighted by atomic mass is 9.90. The van der Waals surface area contributed by atoms with E-state index >= 15 is 0 Å². The Morgan fingerprint density at radius 1 is 1.17 bits per heavy atom. The lowest BCUT2D eigenvalue weighted by molar-refractivity contribution is -0.133. The van der Waals surface area contributed by atoms with Gasteiger partial charge in [0.1, 0.15) is 0 Å². The molecule has 106 valence electrons. The van der Waals surface area contributed by atoms with E-state index in [2.05, 4.69) is 31.0 Å². The number of likely N-dealkylation sites (tertiary alicyclic amines) is 1. The number of carbonyl (C=O) groups is 1. The van der Waals surface area contributed by atoms with Gasteiger partial charge in [0, 0.05) is 25.6 Å². The van der Waals surface area contributed by atoms with Crippen molar-refractivity contribution in [2.75, 3.05) is 19.6 Å². The summed E-state index contributed by atoms with van der Waals surface area (Å²) in [5.74, 6) is 1.04. The van der Waals surface area contributed by atoms with Crippen LogP contribution < -0.4 is 5.32 Å². The molecule has 1 fully saturated rings. The number of hydrogen-bond acceptors (Lipinski definition) is 2. The Balaban J connectivity index is 2.52. The number of nitrogens with one attached hydrogen (secondary N) is 1. The second kappa shape index (κ2) is 8.52. The number of hydrogen-bond donors (Lipinski definition) is 1. The molecule has 0 aliphatic carbocycles. The topological polar surface area (TPSA) is 32.3 Å². The highest BCUT2D eigenvalue weighted by Crippen LogP contribution is 2.22. The van der Waals surface area contributed by atoms with Crippen LogP contribution >= 0.6 is 0 Å². The van der Waals surface area contributed by atoms with Gasteiger partial charge in [0.05, 0.1) is 0 Å². The Morgan fingerprint density at radius 2 is 1.94 bits per heavy atom. The molecule has 0 spiro atoms. The summed E-state index contributed by atoms with van der Waals surface area (Å²) < 4.78 is 0. The average Bonchev–Trinajstić information content (AvgIpc) is 2.37. The van der Waals surface area contributed by atoms with E-state index in [9.17, 15) is 4.79 Å². The molecule has 3 heteroatoms. The third kappa shape index (κ3) is 4.97. The van der Waals surface area contributed by atoms with Crippen molar-refractivity contribution in [3.05, 3.63) is 0 Å². The minimum absolute atomic E-state index is 0.349. The summed E-state index contributed by atoms with van der Waals surface area (Å²) in [7, 11) is 0. The van der Waals surface area contributed by atoms with Crippen molar-refractivity contribution in [2.45, 2.75) is 65.3 Å². The maximum absolute atomic E-state index is 12.1. The Hall–Kier alpha value is -0.570. The van der Waals surface area contributed by atoms with Crippen LogP contribution in [0.15, 0.2) is 0 Å². The van der Waals surface area contributed by atoms with Crippen LogP contribution in [0.5, 0.6) is 0 Å². The Labute approximate surface area is 112 Å². The van der Waals surface area contributed by atoms with Crippen molar-refractivity contribution in [2.24, 2.45) is 5.92 Å². The van der Waals surface area contributed by atoms with Gasteiger partial charge >= 0.3 is 0 Å². The van der Waals surface area contributed by atoms with Gasteiger partial charge in [-0.3, -0.25) is 4.79 Å². The molecule has 0 saturated carbocycles. The second-order valence-corrected chi connectivity index (χ2v) is 5.59. The first-order chi connectivity index (χ1) is 8.71. The molecule has 1 rings (SSSR count). The maximum atomic E-state index is 12.1. The molecule has 0 radical (unpaired) electrons. The van der Waals surface area contributed by atoms with Crippen LogP contribution in [0.1, 0.15) is 59.3 Å². The van der Waals surface area contributed by atoms with Crippen molar-refractivity contribution < 1.29 is 4.79 Å². The van der Waals surface area contributed by atoms with E-state index in [-0.39, 0.29) is 0 Å². The summed E-state index contributed by atoms with van der Waals surface area (Å²) >= 11 is 0. The maximum Gasteiger partial charge on any atom is 0.222 e. The molecular weight excluding hydrogens is 224 g/mol. The predicted octanol–water partition coefficient (Wildman–Crippen LogP) is 2.80. The van der Waals surface area contributed by atoms with Crippen molar-refractivity contribution in [1.82, 2.24) is 10.2 Å². The number of carbonyl (C=O) groups excluding carboxylic acids is 1. The highest BCUT2D eigenvalue weighted by atomic mass is 16.2. The van der Waals surface area contributed by atoms with E-state index in [1.54, 1.807) is 0 Å². The van der Waals surface area contributed by atoms with Crippen molar-refractivity contribution in [3.8, 4) is 0 Å². The average molecular weight is 254 g/mol. The fourth-order valence-electron chi connectivity index (χ4n) is 2.89. The Kier molecular flexibility index (Phi) is 7.33. The summed E-state index contributed by atoms with van der Waals surface area (Å²) in [6, 6.07) is 0.510. The molecular formula is C15H30N2O. The molecule has 3 nitrogen and oxygen atoms in total. The molecule has 0 bridgehead atoms. The lowest BCUT2D eigenvalue weighted by Crippen LogP contribution is -2.51. The summed E-state index contributed by atoms with van der Waals surface area (Å²) in [4.78, 5) is 14.2. The van der Waals surface area contributed by atoms with Crippen LogP contribution in [-0.4, -0.2) is 36.5 Å². The number of rotatable bonds is 7. The lowest BCUT2D eigenvalue weighted by Gasteiger charge is -2.38. The van der Waals surface area contributed by atoms with E-state index in [0.29, 0.717) is 24.3 Å². The van der Waals surface area contributed by atoms with Crippen molar-refractivity contribution >= 4 is 5.91 Å². The number of amides is 1. The standard InChI is InChI=1S/C15H30N2O/c1-4-7-13-10-14(16-9-6-3)12-17(11-13)15(18)8-5-2/h13-14,16H,4-12H2,1-3H3. The van der Waals surface area contributed by atoms with Gasteiger partial charge in [0.25, 0.3) is 0 Å². The second-order valence-electron chi connectivity index (χ2n) is 5.59. The van der Waals surface area contributed by atoms with E-state index in [0.717, 1.165) is 32.5 Å². The first-order valence-electron chi connectivity index (χ1n) is 7.72. The van der Waals surface area contributed by atoms with Gasteiger partial charge in [-0.1, -0.05) is 27.2 Å². The molecule has 1 amide bonds. The normalized spacial score (nSPS) is 24.3. The molecule has 1 heterocycles. The van der Waals surface area contributed by atoms with Crippen LogP contribution in [0.3, 0.4) is 0 Å². The first-order valence-corrected chi connectivity index (χ1v) is 7.72. The zero-order valence-corrected chi connectivity index (χ0v) is 12.4. The van der Waals surface area contributed by atoms with E-state index in [1.807, 2.05) is 0 Å². The zero-order chi connectivity index (χ0) is 13.4. The molecule has 0 aromatic rings. The van der Waals surface area contributed by atoms with Crippen LogP contribution in [0.25, 0.3) is 0 Å². The monoisotopic (exact) mass is 254 g/mol. The largest absolute Gasteiger partial charge is 0.341 e. The highest BCUT2D eigenvalue weighted by Gasteiger charge is 2.28. The van der Waals surface area contributed by atoms with E-state index in [4.69, 9.17) is 0 Å². The molecule has 0 aromatic heterocycles. The zero-order valence-electron chi connectivity index (χ0n) is 12.4. The molecule has 1 aliphatic heterocycles. The van der Waals surface area contributed by atoms with Crippen LogP contribution in [-0.2, 0) is 4.79 Å². The van der Waals surface area contributed by atoms with E-state index < -0.39 is 0 Å². The molecule has 18 heavy (non-hydrogen) atoms. The van der Waals surface area contributed by atoms with E-state index in [1.165, 1.54) is 19.3 Å². The van der Waals surface area contributed by atoms with Gasteiger partial charge in [-0.25, -0.2) is 0 Å². The summed E-state index contributed by atoms with van der Waals surface area (Å²) in [5.41, 5.74) is 0. The smallest absolute Gasteiger partial charge is 0.222 e.